The molecule has 9 heavy (non-hydrogen) atoms. The lowest BCUT2D eigenvalue weighted by Crippen LogP contribution is -2.33. The molecule has 0 N–H and O–H groups in total. The van der Waals surface area contributed by atoms with E-state index < -0.39 is 7.14 Å². The fraction of sp³-hybridized carbons (Fsp3) is 1.00. The van der Waals surface area contributed by atoms with E-state index in [1.807, 2.05) is 0 Å². The van der Waals surface area contributed by atoms with E-state index in [9.17, 15) is 0 Å². The van der Waals surface area contributed by atoms with E-state index in [0.29, 0.717) is 0 Å². The Hall–Kier alpha value is 0.455. The van der Waals surface area contributed by atoms with Crippen molar-refractivity contribution >= 4 is 14.7 Å². The van der Waals surface area contributed by atoms with E-state index in [2.05, 4.69) is 18.6 Å². The van der Waals surface area contributed by atoms with E-state index in [1.54, 1.807) is 0 Å². The van der Waals surface area contributed by atoms with Gasteiger partial charge in [-0.3, -0.25) is 4.90 Å². The maximum atomic E-state index is 6.02. The molecule has 2 radical (unpaired) electrons. The lowest BCUT2D eigenvalue weighted by Gasteiger charge is -2.29. The SMILES string of the molecule is [B][P+]1(C)CCN(C)CC1. The zero-order valence-electron chi connectivity index (χ0n) is 6.30. The molecule has 1 fully saturated rings. The van der Waals surface area contributed by atoms with Crippen molar-refractivity contribution in [1.29, 1.82) is 0 Å². The molecule has 0 aliphatic carbocycles. The summed E-state index contributed by atoms with van der Waals surface area (Å²) in [6, 6.07) is 0. The van der Waals surface area contributed by atoms with Gasteiger partial charge in [0.2, 0.25) is 0 Å². The molecule has 0 unspecified atom stereocenters. The monoisotopic (exact) mass is 142 g/mol. The molecular weight excluding hydrogens is 128 g/mol. The molecule has 1 heterocycles. The Morgan fingerprint density at radius 3 is 2.11 bits per heavy atom. The predicted octanol–water partition coefficient (Wildman–Crippen LogP) is 0.663. The van der Waals surface area contributed by atoms with Crippen molar-refractivity contribution in [1.82, 2.24) is 4.90 Å². The quantitative estimate of drug-likeness (QED) is 0.354. The highest BCUT2D eigenvalue weighted by Crippen LogP contribution is 2.50. The van der Waals surface area contributed by atoms with Gasteiger partial charge in [0.05, 0.1) is 12.3 Å². The molecule has 0 amide bonds. The van der Waals surface area contributed by atoms with E-state index in [-0.39, 0.29) is 0 Å². The molecule has 0 aromatic rings. The summed E-state index contributed by atoms with van der Waals surface area (Å²) in [6.45, 7) is 4.67. The molecule has 50 valence electrons. The highest BCUT2D eigenvalue weighted by Gasteiger charge is 2.29. The Bertz CT molecular complexity index is 95.2. The van der Waals surface area contributed by atoms with Crippen molar-refractivity contribution in [2.75, 3.05) is 39.1 Å². The molecule has 0 saturated carbocycles. The Morgan fingerprint density at radius 1 is 1.33 bits per heavy atom. The highest BCUT2D eigenvalue weighted by molar-refractivity contribution is 7.96. The zero-order valence-corrected chi connectivity index (χ0v) is 7.19. The molecule has 0 aromatic heterocycles. The van der Waals surface area contributed by atoms with Gasteiger partial charge < -0.3 is 0 Å². The Kier molecular flexibility index (Phi) is 2.18. The molecule has 0 bridgehead atoms. The lowest BCUT2D eigenvalue weighted by molar-refractivity contribution is 0.368. The van der Waals surface area contributed by atoms with Gasteiger partial charge in [-0.2, -0.15) is 0 Å². The maximum absolute atomic E-state index is 6.02. The first-order valence-corrected chi connectivity index (χ1v) is 6.09. The van der Waals surface area contributed by atoms with Crippen LogP contribution in [0.3, 0.4) is 0 Å². The van der Waals surface area contributed by atoms with Crippen LogP contribution in [-0.4, -0.2) is 51.6 Å². The predicted molar refractivity (Wildman–Crippen MR) is 45.8 cm³/mol. The third-order valence-electron chi connectivity index (χ3n) is 1.99. The molecule has 0 spiro atoms. The van der Waals surface area contributed by atoms with Crippen molar-refractivity contribution in [2.24, 2.45) is 0 Å². The molecule has 1 saturated heterocycles. The molecule has 1 nitrogen and oxygen atoms in total. The summed E-state index contributed by atoms with van der Waals surface area (Å²) in [5.74, 6) is 0. The first-order valence-electron chi connectivity index (χ1n) is 3.42. The van der Waals surface area contributed by atoms with Gasteiger partial charge in [-0.25, -0.2) is 0 Å². The number of nitrogens with zero attached hydrogens (tertiary/aromatic N) is 1. The van der Waals surface area contributed by atoms with Crippen LogP contribution in [0.15, 0.2) is 0 Å². The largest absolute Gasteiger partial charge is 0.364 e. The molecule has 0 atom stereocenters. The second-order valence-electron chi connectivity index (χ2n) is 3.23. The van der Waals surface area contributed by atoms with Crippen LogP contribution in [0.4, 0.5) is 0 Å². The summed E-state index contributed by atoms with van der Waals surface area (Å²) >= 11 is 0. The van der Waals surface area contributed by atoms with Gasteiger partial charge in [0.25, 0.3) is 0 Å². The van der Waals surface area contributed by atoms with Gasteiger partial charge in [0, 0.05) is 19.8 Å². The fourth-order valence-corrected chi connectivity index (χ4v) is 2.84. The average molecular weight is 142 g/mol. The van der Waals surface area contributed by atoms with Crippen LogP contribution in [0, 0.1) is 0 Å². The Labute approximate surface area is 59.5 Å². The Balaban J connectivity index is 2.35. The van der Waals surface area contributed by atoms with Crippen molar-refractivity contribution in [3.8, 4) is 0 Å². The minimum atomic E-state index is -0.916. The fourth-order valence-electron chi connectivity index (χ4n) is 1.02. The maximum Gasteiger partial charge on any atom is 0.364 e. The minimum absolute atomic E-state index is 0.916. The van der Waals surface area contributed by atoms with Crippen molar-refractivity contribution < 1.29 is 0 Å². The van der Waals surface area contributed by atoms with Crippen LogP contribution in [0.5, 0.6) is 0 Å². The molecular formula is C6H14BNP+. The zero-order chi connectivity index (χ0) is 6.91. The molecule has 3 heteroatoms. The first kappa shape index (κ1) is 7.56. The van der Waals surface area contributed by atoms with Crippen LogP contribution >= 0.6 is 7.14 Å². The highest BCUT2D eigenvalue weighted by atomic mass is 31.2. The van der Waals surface area contributed by atoms with E-state index >= 15 is 0 Å². The summed E-state index contributed by atoms with van der Waals surface area (Å²) in [7, 11) is 7.27. The van der Waals surface area contributed by atoms with Crippen molar-refractivity contribution in [3.63, 3.8) is 0 Å². The van der Waals surface area contributed by atoms with Gasteiger partial charge in [-0.05, 0) is 14.2 Å². The topological polar surface area (TPSA) is 3.24 Å². The summed E-state index contributed by atoms with van der Waals surface area (Å²) in [5, 5.41) is 0. The van der Waals surface area contributed by atoms with Crippen LogP contribution in [0.25, 0.3) is 0 Å². The number of rotatable bonds is 0. The number of hydrogen-bond acceptors (Lipinski definition) is 1. The van der Waals surface area contributed by atoms with Gasteiger partial charge in [-0.15, -0.1) is 0 Å². The summed E-state index contributed by atoms with van der Waals surface area (Å²) < 4.78 is 0. The Morgan fingerprint density at radius 2 is 1.78 bits per heavy atom. The minimum Gasteiger partial charge on any atom is -0.299 e. The molecule has 1 rings (SSSR count). The van der Waals surface area contributed by atoms with Crippen molar-refractivity contribution in [3.05, 3.63) is 0 Å². The van der Waals surface area contributed by atoms with Crippen LogP contribution in [-0.2, 0) is 0 Å². The van der Waals surface area contributed by atoms with E-state index in [4.69, 9.17) is 7.57 Å². The molecule has 1 aliphatic rings. The standard InChI is InChI=1S/C6H14BNP/c1-8-3-5-9(2,7)6-4-8/h3-6H2,1-2H3/q+1. The smallest absolute Gasteiger partial charge is 0.299 e. The molecule has 1 aliphatic heterocycles. The van der Waals surface area contributed by atoms with Gasteiger partial charge in [0.15, 0.2) is 0 Å². The van der Waals surface area contributed by atoms with E-state index in [0.717, 1.165) is 0 Å². The summed E-state index contributed by atoms with van der Waals surface area (Å²) in [4.78, 5) is 2.36. The van der Waals surface area contributed by atoms with Gasteiger partial charge in [-0.1, -0.05) is 0 Å². The second kappa shape index (κ2) is 2.60. The third-order valence-corrected chi connectivity index (χ3v) is 4.43. The van der Waals surface area contributed by atoms with Crippen molar-refractivity contribution in [2.45, 2.75) is 0 Å². The third kappa shape index (κ3) is 2.27. The van der Waals surface area contributed by atoms with Crippen LogP contribution in [0.2, 0.25) is 0 Å². The van der Waals surface area contributed by atoms with Gasteiger partial charge >= 0.3 is 7.57 Å². The van der Waals surface area contributed by atoms with Gasteiger partial charge in [0.1, 0.15) is 0 Å². The first-order chi connectivity index (χ1) is 4.10. The average Bonchev–Trinajstić information content (AvgIpc) is 1.78. The lowest BCUT2D eigenvalue weighted by atomic mass is 10.5. The normalized spacial score (nSPS) is 28.2. The second-order valence-corrected chi connectivity index (χ2v) is 7.08. The summed E-state index contributed by atoms with van der Waals surface area (Å²) in [5.41, 5.74) is 0. The number of hydrogen-bond donors (Lipinski definition) is 0. The van der Waals surface area contributed by atoms with E-state index in [1.165, 1.54) is 25.4 Å². The molecule has 0 aromatic carbocycles. The van der Waals surface area contributed by atoms with Crippen LogP contribution < -0.4 is 0 Å². The summed E-state index contributed by atoms with van der Waals surface area (Å²) in [6.07, 6.45) is 2.51. The van der Waals surface area contributed by atoms with Crippen LogP contribution in [0.1, 0.15) is 0 Å².